The van der Waals surface area contributed by atoms with E-state index in [1.54, 1.807) is 0 Å². The minimum atomic E-state index is 0.957. The van der Waals surface area contributed by atoms with Gasteiger partial charge < -0.3 is 10.2 Å². The Balaban J connectivity index is 2.27. The van der Waals surface area contributed by atoms with Crippen molar-refractivity contribution in [3.63, 3.8) is 0 Å². The summed E-state index contributed by atoms with van der Waals surface area (Å²) in [5, 5.41) is 3.40. The number of hydrogen-bond donors (Lipinski definition) is 1. The zero-order chi connectivity index (χ0) is 12.0. The topological polar surface area (TPSA) is 27.6 Å². The van der Waals surface area contributed by atoms with Gasteiger partial charge in [0.15, 0.2) is 0 Å². The van der Waals surface area contributed by atoms with Crippen LogP contribution in [0.25, 0.3) is 0 Å². The van der Waals surface area contributed by atoms with E-state index in [1.165, 1.54) is 17.1 Å². The SMILES string of the molecule is C/N=C(/C)CN(C)CCC1=CCC=C(C)N1. The van der Waals surface area contributed by atoms with Gasteiger partial charge in [-0.15, -0.1) is 0 Å². The number of hydrogen-bond acceptors (Lipinski definition) is 3. The highest BCUT2D eigenvalue weighted by molar-refractivity contribution is 5.83. The predicted molar refractivity (Wildman–Crippen MR) is 70.7 cm³/mol. The number of aliphatic imine (C=N–C) groups is 1. The summed E-state index contributed by atoms with van der Waals surface area (Å²) in [7, 11) is 3.99. The molecule has 1 heterocycles. The Labute approximate surface area is 98.9 Å². The molecule has 0 aromatic carbocycles. The maximum atomic E-state index is 4.17. The van der Waals surface area contributed by atoms with Crippen molar-refractivity contribution >= 4 is 5.71 Å². The fourth-order valence-electron chi connectivity index (χ4n) is 1.75. The van der Waals surface area contributed by atoms with Gasteiger partial charge in [0.05, 0.1) is 0 Å². The molecule has 0 saturated heterocycles. The second-order valence-corrected chi connectivity index (χ2v) is 4.42. The average Bonchev–Trinajstić information content (AvgIpc) is 2.26. The normalized spacial score (nSPS) is 16.9. The fourth-order valence-corrected chi connectivity index (χ4v) is 1.75. The molecule has 3 heteroatoms. The van der Waals surface area contributed by atoms with E-state index in [1.807, 2.05) is 7.05 Å². The molecule has 3 nitrogen and oxygen atoms in total. The van der Waals surface area contributed by atoms with E-state index >= 15 is 0 Å². The van der Waals surface area contributed by atoms with Crippen molar-refractivity contribution in [1.82, 2.24) is 10.2 Å². The molecule has 0 unspecified atom stereocenters. The molecule has 0 fully saturated rings. The Bertz CT molecular complexity index is 313. The quantitative estimate of drug-likeness (QED) is 0.721. The first-order chi connectivity index (χ1) is 7.61. The van der Waals surface area contributed by atoms with E-state index in [-0.39, 0.29) is 0 Å². The highest BCUT2D eigenvalue weighted by Crippen LogP contribution is 2.09. The van der Waals surface area contributed by atoms with Gasteiger partial charge in [-0.25, -0.2) is 0 Å². The van der Waals surface area contributed by atoms with E-state index in [0.717, 1.165) is 25.9 Å². The van der Waals surface area contributed by atoms with Crippen LogP contribution in [-0.2, 0) is 0 Å². The van der Waals surface area contributed by atoms with E-state index in [4.69, 9.17) is 0 Å². The number of nitrogens with one attached hydrogen (secondary N) is 1. The van der Waals surface area contributed by atoms with Crippen LogP contribution < -0.4 is 5.32 Å². The van der Waals surface area contributed by atoms with E-state index in [2.05, 4.69) is 48.3 Å². The van der Waals surface area contributed by atoms with Gasteiger partial charge in [0.1, 0.15) is 0 Å². The molecule has 0 amide bonds. The van der Waals surface area contributed by atoms with Crippen LogP contribution in [0.2, 0.25) is 0 Å². The summed E-state index contributed by atoms with van der Waals surface area (Å²) >= 11 is 0. The van der Waals surface area contributed by atoms with Crippen molar-refractivity contribution in [2.45, 2.75) is 26.7 Å². The third kappa shape index (κ3) is 4.62. The highest BCUT2D eigenvalue weighted by atomic mass is 15.1. The number of nitrogens with zero attached hydrogens (tertiary/aromatic N) is 2. The van der Waals surface area contributed by atoms with Crippen LogP contribution in [0.5, 0.6) is 0 Å². The first kappa shape index (κ1) is 13.0. The lowest BCUT2D eigenvalue weighted by Crippen LogP contribution is -2.27. The lowest BCUT2D eigenvalue weighted by molar-refractivity contribution is 0.381. The van der Waals surface area contributed by atoms with Gasteiger partial charge in [0.2, 0.25) is 0 Å². The number of rotatable bonds is 5. The smallest absolute Gasteiger partial charge is 0.0357 e. The zero-order valence-corrected chi connectivity index (χ0v) is 10.9. The summed E-state index contributed by atoms with van der Waals surface area (Å²) in [5.74, 6) is 0. The Morgan fingerprint density at radius 1 is 1.50 bits per heavy atom. The van der Waals surface area contributed by atoms with Crippen LogP contribution in [0.4, 0.5) is 0 Å². The highest BCUT2D eigenvalue weighted by Gasteiger charge is 2.05. The first-order valence-electron chi connectivity index (χ1n) is 5.85. The van der Waals surface area contributed by atoms with Gasteiger partial charge >= 0.3 is 0 Å². The largest absolute Gasteiger partial charge is 0.363 e. The van der Waals surface area contributed by atoms with Crippen molar-refractivity contribution in [1.29, 1.82) is 0 Å². The minimum absolute atomic E-state index is 0.957. The third-order valence-electron chi connectivity index (χ3n) is 2.79. The fraction of sp³-hybridized carbons (Fsp3) is 0.615. The second-order valence-electron chi connectivity index (χ2n) is 4.42. The molecule has 0 bridgehead atoms. The molecule has 0 saturated carbocycles. The van der Waals surface area contributed by atoms with Crippen molar-refractivity contribution < 1.29 is 0 Å². The molecule has 1 N–H and O–H groups in total. The van der Waals surface area contributed by atoms with Crippen molar-refractivity contribution in [2.75, 3.05) is 27.2 Å². The molecule has 16 heavy (non-hydrogen) atoms. The van der Waals surface area contributed by atoms with Gasteiger partial charge in [-0.2, -0.15) is 0 Å². The molecular formula is C13H23N3. The van der Waals surface area contributed by atoms with Crippen LogP contribution in [0.1, 0.15) is 26.7 Å². The molecule has 1 rings (SSSR count). The molecule has 0 aliphatic carbocycles. The summed E-state index contributed by atoms with van der Waals surface area (Å²) in [6.07, 6.45) is 6.62. The minimum Gasteiger partial charge on any atom is -0.363 e. The van der Waals surface area contributed by atoms with Gasteiger partial charge in [0, 0.05) is 37.2 Å². The Morgan fingerprint density at radius 2 is 2.25 bits per heavy atom. The molecule has 1 aliphatic rings. The van der Waals surface area contributed by atoms with Gasteiger partial charge in [0.25, 0.3) is 0 Å². The van der Waals surface area contributed by atoms with Crippen molar-refractivity contribution in [2.24, 2.45) is 4.99 Å². The van der Waals surface area contributed by atoms with Crippen LogP contribution >= 0.6 is 0 Å². The summed E-state index contributed by atoms with van der Waals surface area (Å²) in [5.41, 5.74) is 3.80. The summed E-state index contributed by atoms with van der Waals surface area (Å²) < 4.78 is 0. The standard InChI is InChI=1S/C13H23N3/c1-11-6-5-7-13(15-11)8-9-16(4)10-12(2)14-3/h6-7,15H,5,8-10H2,1-4H3/b14-12-. The Morgan fingerprint density at radius 3 is 2.88 bits per heavy atom. The van der Waals surface area contributed by atoms with Crippen LogP contribution in [0.3, 0.4) is 0 Å². The van der Waals surface area contributed by atoms with Gasteiger partial charge in [-0.05, 0) is 33.7 Å². The first-order valence-corrected chi connectivity index (χ1v) is 5.85. The molecule has 1 aliphatic heterocycles. The Kier molecular flexibility index (Phi) is 5.26. The maximum Gasteiger partial charge on any atom is 0.0357 e. The molecule has 90 valence electrons. The molecule has 0 radical (unpaired) electrons. The summed E-state index contributed by atoms with van der Waals surface area (Å²) in [6.45, 7) is 6.21. The lowest BCUT2D eigenvalue weighted by Gasteiger charge is -2.20. The monoisotopic (exact) mass is 221 g/mol. The average molecular weight is 221 g/mol. The van der Waals surface area contributed by atoms with E-state index in [9.17, 15) is 0 Å². The van der Waals surface area contributed by atoms with Gasteiger partial charge in [-0.1, -0.05) is 12.2 Å². The van der Waals surface area contributed by atoms with E-state index in [0.29, 0.717) is 0 Å². The Hall–Kier alpha value is -1.09. The van der Waals surface area contributed by atoms with Gasteiger partial charge in [-0.3, -0.25) is 4.99 Å². The number of dihydropyridines is 1. The molecule has 0 aromatic rings. The van der Waals surface area contributed by atoms with Crippen LogP contribution in [-0.4, -0.2) is 37.8 Å². The van der Waals surface area contributed by atoms with Crippen molar-refractivity contribution in [3.8, 4) is 0 Å². The van der Waals surface area contributed by atoms with Crippen LogP contribution in [0, 0.1) is 0 Å². The molecule has 0 spiro atoms. The predicted octanol–water partition coefficient (Wildman–Crippen LogP) is 2.18. The van der Waals surface area contributed by atoms with Crippen molar-refractivity contribution in [3.05, 3.63) is 23.5 Å². The third-order valence-corrected chi connectivity index (χ3v) is 2.79. The maximum absolute atomic E-state index is 4.17. The lowest BCUT2D eigenvalue weighted by atomic mass is 10.1. The molecule has 0 atom stereocenters. The second kappa shape index (κ2) is 6.48. The summed E-state index contributed by atoms with van der Waals surface area (Å²) in [4.78, 5) is 6.47. The van der Waals surface area contributed by atoms with Crippen LogP contribution in [0.15, 0.2) is 28.5 Å². The molecular weight excluding hydrogens is 198 g/mol. The number of allylic oxidation sites excluding steroid dienone is 3. The zero-order valence-electron chi connectivity index (χ0n) is 10.9. The van der Waals surface area contributed by atoms with E-state index < -0.39 is 0 Å². The summed E-state index contributed by atoms with van der Waals surface area (Å²) in [6, 6.07) is 0. The molecule has 0 aromatic heterocycles.